The Morgan fingerprint density at radius 3 is 2.39 bits per heavy atom. The van der Waals surface area contributed by atoms with Crippen molar-refractivity contribution < 1.29 is 9.21 Å². The van der Waals surface area contributed by atoms with Crippen LogP contribution in [-0.2, 0) is 13.0 Å². The number of nitrogens with zero attached hydrogens (tertiary/aromatic N) is 2. The monoisotopic (exact) mass is 314 g/mol. The summed E-state index contributed by atoms with van der Waals surface area (Å²) in [6, 6.07) is 8.43. The fraction of sp³-hybridized carbons (Fsp3) is 0.474. The maximum atomic E-state index is 13.0. The second kappa shape index (κ2) is 7.44. The lowest BCUT2D eigenvalue weighted by atomic mass is 10.1. The molecule has 0 aliphatic rings. The number of hydrogen-bond acceptors (Lipinski definition) is 3. The van der Waals surface area contributed by atoms with Gasteiger partial charge in [0.15, 0.2) is 5.89 Å². The van der Waals surface area contributed by atoms with Gasteiger partial charge in [0.2, 0.25) is 5.76 Å². The second-order valence-electron chi connectivity index (χ2n) is 6.05. The first kappa shape index (κ1) is 17.3. The molecule has 1 aromatic carbocycles. The molecule has 2 rings (SSSR count). The fourth-order valence-corrected chi connectivity index (χ4v) is 2.47. The zero-order valence-corrected chi connectivity index (χ0v) is 14.7. The van der Waals surface area contributed by atoms with Gasteiger partial charge in [0.1, 0.15) is 0 Å². The Balaban J connectivity index is 2.28. The number of amides is 1. The van der Waals surface area contributed by atoms with Crippen LogP contribution in [0.4, 0.5) is 0 Å². The molecule has 1 amide bonds. The van der Waals surface area contributed by atoms with Crippen LogP contribution in [0, 0.1) is 13.8 Å². The highest BCUT2D eigenvalue weighted by atomic mass is 16.4. The summed E-state index contributed by atoms with van der Waals surface area (Å²) in [4.78, 5) is 19.2. The highest BCUT2D eigenvalue weighted by Gasteiger charge is 2.26. The van der Waals surface area contributed by atoms with E-state index in [1.165, 1.54) is 5.56 Å². The van der Waals surface area contributed by atoms with Gasteiger partial charge in [-0.2, -0.15) is 0 Å². The van der Waals surface area contributed by atoms with Crippen LogP contribution in [0.1, 0.15) is 60.5 Å². The van der Waals surface area contributed by atoms with E-state index >= 15 is 0 Å². The largest absolute Gasteiger partial charge is 0.435 e. The summed E-state index contributed by atoms with van der Waals surface area (Å²) >= 11 is 0. The zero-order valence-electron chi connectivity index (χ0n) is 14.7. The average Bonchev–Trinajstić information content (AvgIpc) is 2.94. The average molecular weight is 314 g/mol. The van der Waals surface area contributed by atoms with Crippen molar-refractivity contribution in [3.63, 3.8) is 0 Å². The first-order valence-corrected chi connectivity index (χ1v) is 8.29. The summed E-state index contributed by atoms with van der Waals surface area (Å²) in [6.07, 6.45) is 1.58. The van der Waals surface area contributed by atoms with Crippen molar-refractivity contribution in [1.29, 1.82) is 0 Å². The maximum Gasteiger partial charge on any atom is 0.292 e. The summed E-state index contributed by atoms with van der Waals surface area (Å²) in [5.41, 5.74) is 3.01. The zero-order chi connectivity index (χ0) is 17.0. The molecule has 1 heterocycles. The Hall–Kier alpha value is -2.10. The third kappa shape index (κ3) is 4.01. The third-order valence-corrected chi connectivity index (χ3v) is 4.19. The van der Waals surface area contributed by atoms with Crippen molar-refractivity contribution in [1.82, 2.24) is 9.88 Å². The predicted octanol–water partition coefficient (Wildman–Crippen LogP) is 4.29. The van der Waals surface area contributed by atoms with Crippen LogP contribution >= 0.6 is 0 Å². The van der Waals surface area contributed by atoms with Crippen LogP contribution in [0.15, 0.2) is 28.7 Å². The number of carbonyl (C=O) groups excluding carboxylic acids is 1. The van der Waals surface area contributed by atoms with Crippen LogP contribution in [0.5, 0.6) is 0 Å². The maximum absolute atomic E-state index is 13.0. The van der Waals surface area contributed by atoms with E-state index in [0.717, 1.165) is 12.0 Å². The number of oxazole rings is 1. The fourth-order valence-electron chi connectivity index (χ4n) is 2.47. The quantitative estimate of drug-likeness (QED) is 0.799. The third-order valence-electron chi connectivity index (χ3n) is 4.19. The summed E-state index contributed by atoms with van der Waals surface area (Å²) in [5, 5.41) is 0. The van der Waals surface area contributed by atoms with Gasteiger partial charge in [-0.15, -0.1) is 0 Å². The minimum absolute atomic E-state index is 0.0791. The van der Waals surface area contributed by atoms with E-state index < -0.39 is 0 Å². The van der Waals surface area contributed by atoms with E-state index in [2.05, 4.69) is 50.0 Å². The lowest BCUT2D eigenvalue weighted by molar-refractivity contribution is 0.0636. The number of benzene rings is 1. The normalized spacial score (nSPS) is 12.2. The molecule has 0 saturated carbocycles. The van der Waals surface area contributed by atoms with E-state index in [0.29, 0.717) is 30.3 Å². The lowest BCUT2D eigenvalue weighted by Gasteiger charge is -2.28. The van der Waals surface area contributed by atoms with Crippen molar-refractivity contribution in [3.8, 4) is 0 Å². The lowest BCUT2D eigenvalue weighted by Crippen LogP contribution is -2.38. The van der Waals surface area contributed by atoms with Crippen molar-refractivity contribution in [2.45, 2.75) is 60.0 Å². The van der Waals surface area contributed by atoms with Crippen molar-refractivity contribution in [2.75, 3.05) is 0 Å². The van der Waals surface area contributed by atoms with E-state index in [-0.39, 0.29) is 11.9 Å². The van der Waals surface area contributed by atoms with Crippen LogP contribution in [0.3, 0.4) is 0 Å². The Labute approximate surface area is 138 Å². The van der Waals surface area contributed by atoms with Gasteiger partial charge in [0.05, 0.1) is 5.69 Å². The van der Waals surface area contributed by atoms with Crippen LogP contribution < -0.4 is 0 Å². The molecular weight excluding hydrogens is 288 g/mol. The van der Waals surface area contributed by atoms with Crippen molar-refractivity contribution >= 4 is 5.91 Å². The molecule has 0 radical (unpaired) electrons. The molecular formula is C19H26N2O2. The van der Waals surface area contributed by atoms with Gasteiger partial charge >= 0.3 is 0 Å². The number of aromatic nitrogens is 1. The number of carbonyl (C=O) groups is 1. The summed E-state index contributed by atoms with van der Waals surface area (Å²) < 4.78 is 5.66. The molecule has 124 valence electrons. The Kier molecular flexibility index (Phi) is 5.59. The van der Waals surface area contributed by atoms with E-state index in [1.807, 2.05) is 18.7 Å². The minimum Gasteiger partial charge on any atom is -0.435 e. The van der Waals surface area contributed by atoms with Gasteiger partial charge < -0.3 is 9.32 Å². The second-order valence-corrected chi connectivity index (χ2v) is 6.05. The minimum atomic E-state index is -0.0791. The molecule has 0 aliphatic carbocycles. The molecule has 0 unspecified atom stereocenters. The van der Waals surface area contributed by atoms with Crippen LogP contribution in [0.25, 0.3) is 0 Å². The van der Waals surface area contributed by atoms with Gasteiger partial charge in [0.25, 0.3) is 5.91 Å². The first-order chi connectivity index (χ1) is 11.0. The number of rotatable bonds is 6. The van der Waals surface area contributed by atoms with Gasteiger partial charge in [-0.05, 0) is 32.8 Å². The van der Waals surface area contributed by atoms with Gasteiger partial charge in [-0.3, -0.25) is 4.79 Å². The molecule has 1 aromatic heterocycles. The number of aryl methyl sites for hydroxylation is 3. The van der Waals surface area contributed by atoms with E-state index in [4.69, 9.17) is 4.42 Å². The molecule has 4 heteroatoms. The van der Waals surface area contributed by atoms with Crippen molar-refractivity contribution in [3.05, 3.63) is 52.7 Å². The molecule has 4 nitrogen and oxygen atoms in total. The smallest absolute Gasteiger partial charge is 0.292 e. The van der Waals surface area contributed by atoms with Gasteiger partial charge in [-0.25, -0.2) is 4.98 Å². The number of hydrogen-bond donors (Lipinski definition) is 0. The van der Waals surface area contributed by atoms with Gasteiger partial charge in [0, 0.05) is 19.0 Å². The highest BCUT2D eigenvalue weighted by molar-refractivity contribution is 5.92. The standard InChI is InChI=1S/C19H26N2O2/c1-6-14(4)21(12-16-10-8-13(3)9-11-16)19(22)18-15(5)20-17(7-2)23-18/h8-11,14H,6-7,12H2,1-5H3/t14-/m0/s1. The van der Waals surface area contributed by atoms with E-state index in [1.54, 1.807) is 0 Å². The summed E-state index contributed by atoms with van der Waals surface area (Å²) in [7, 11) is 0. The molecule has 0 aliphatic heterocycles. The summed E-state index contributed by atoms with van der Waals surface area (Å²) in [5.74, 6) is 0.907. The molecule has 0 saturated heterocycles. The molecule has 0 fully saturated rings. The van der Waals surface area contributed by atoms with Crippen molar-refractivity contribution in [2.24, 2.45) is 0 Å². The van der Waals surface area contributed by atoms with Gasteiger partial charge in [-0.1, -0.05) is 43.7 Å². The van der Waals surface area contributed by atoms with Crippen LogP contribution in [-0.4, -0.2) is 21.8 Å². The molecule has 23 heavy (non-hydrogen) atoms. The molecule has 0 spiro atoms. The molecule has 2 aromatic rings. The first-order valence-electron chi connectivity index (χ1n) is 8.29. The summed E-state index contributed by atoms with van der Waals surface area (Å²) in [6.45, 7) is 10.6. The molecule has 0 bridgehead atoms. The predicted molar refractivity (Wildman–Crippen MR) is 91.4 cm³/mol. The SMILES string of the molecule is CCc1nc(C)c(C(=O)N(Cc2ccc(C)cc2)[C@@H](C)CC)o1. The Morgan fingerprint density at radius 2 is 1.87 bits per heavy atom. The molecule has 1 atom stereocenters. The Morgan fingerprint density at radius 1 is 1.22 bits per heavy atom. The molecule has 0 N–H and O–H groups in total. The van der Waals surface area contributed by atoms with E-state index in [9.17, 15) is 4.79 Å². The Bertz CT molecular complexity index is 659. The highest BCUT2D eigenvalue weighted by Crippen LogP contribution is 2.19. The van der Waals surface area contributed by atoms with Crippen LogP contribution in [0.2, 0.25) is 0 Å². The topological polar surface area (TPSA) is 46.3 Å².